The molecule has 0 aliphatic carbocycles. The summed E-state index contributed by atoms with van der Waals surface area (Å²) in [6.45, 7) is 2.90. The molecule has 0 unspecified atom stereocenters. The molecule has 2 heterocycles. The predicted octanol–water partition coefficient (Wildman–Crippen LogP) is 2.31. The van der Waals surface area contributed by atoms with Gasteiger partial charge in [0.1, 0.15) is 0 Å². The lowest BCUT2D eigenvalue weighted by Gasteiger charge is -2.19. The number of carbonyl (C=O) groups is 1. The second kappa shape index (κ2) is 4.07. The third kappa shape index (κ3) is 1.57. The molecule has 0 spiro atoms. The van der Waals surface area contributed by atoms with Crippen molar-refractivity contribution in [2.45, 2.75) is 20.0 Å². The molecular weight excluding hydrogens is 230 g/mol. The zero-order valence-electron chi connectivity index (χ0n) is 10.1. The Morgan fingerprint density at radius 3 is 3.06 bits per heavy atom. The van der Waals surface area contributed by atoms with E-state index in [1.807, 2.05) is 25.1 Å². The fraction of sp³-hybridized carbons (Fsp3) is 0.286. The Morgan fingerprint density at radius 2 is 2.28 bits per heavy atom. The van der Waals surface area contributed by atoms with Crippen molar-refractivity contribution in [3.05, 3.63) is 40.6 Å². The summed E-state index contributed by atoms with van der Waals surface area (Å²) in [7, 11) is 0. The third-order valence-electron chi connectivity index (χ3n) is 3.35. The summed E-state index contributed by atoms with van der Waals surface area (Å²) in [4.78, 5) is 16.1. The second-order valence-corrected chi connectivity index (χ2v) is 4.49. The average molecular weight is 243 g/mol. The van der Waals surface area contributed by atoms with Crippen LogP contribution < -0.4 is 0 Å². The maximum atomic E-state index is 11.5. The Labute approximate surface area is 104 Å². The first-order chi connectivity index (χ1) is 8.68. The van der Waals surface area contributed by atoms with E-state index in [0.717, 1.165) is 22.3 Å². The normalized spacial score (nSPS) is 14.5. The van der Waals surface area contributed by atoms with E-state index in [-0.39, 0.29) is 0 Å². The highest BCUT2D eigenvalue weighted by Gasteiger charge is 2.22. The number of ether oxygens (including phenoxy) is 1. The lowest BCUT2D eigenvalue weighted by Crippen LogP contribution is -2.17. The quantitative estimate of drug-likeness (QED) is 0.835. The van der Waals surface area contributed by atoms with Crippen molar-refractivity contribution in [1.29, 1.82) is 0 Å². The molecule has 0 amide bonds. The van der Waals surface area contributed by atoms with Crippen molar-refractivity contribution in [3.63, 3.8) is 0 Å². The van der Waals surface area contributed by atoms with Crippen LogP contribution in [-0.2, 0) is 17.8 Å². The second-order valence-electron chi connectivity index (χ2n) is 4.49. The Kier molecular flexibility index (Phi) is 2.52. The van der Waals surface area contributed by atoms with E-state index in [9.17, 15) is 9.90 Å². The lowest BCUT2D eigenvalue weighted by atomic mass is 9.97. The van der Waals surface area contributed by atoms with Gasteiger partial charge in [0.05, 0.1) is 24.3 Å². The van der Waals surface area contributed by atoms with E-state index < -0.39 is 5.97 Å². The van der Waals surface area contributed by atoms with E-state index in [0.29, 0.717) is 30.6 Å². The van der Waals surface area contributed by atoms with Gasteiger partial charge in [-0.25, -0.2) is 4.79 Å². The summed E-state index contributed by atoms with van der Waals surface area (Å²) in [5, 5.41) is 10.1. The number of carboxylic acid groups (broad SMARTS) is 1. The van der Waals surface area contributed by atoms with Gasteiger partial charge in [0.25, 0.3) is 0 Å². The highest BCUT2D eigenvalue weighted by molar-refractivity contribution is 6.04. The molecule has 3 rings (SSSR count). The summed E-state index contributed by atoms with van der Waals surface area (Å²) in [5.41, 5.74) is 3.73. The Balaban J connectivity index is 2.44. The van der Waals surface area contributed by atoms with Crippen LogP contribution in [0.15, 0.2) is 18.2 Å². The van der Waals surface area contributed by atoms with Crippen LogP contribution in [0.5, 0.6) is 0 Å². The zero-order chi connectivity index (χ0) is 12.7. The van der Waals surface area contributed by atoms with Gasteiger partial charge in [0.15, 0.2) is 0 Å². The van der Waals surface area contributed by atoms with Crippen LogP contribution in [0.3, 0.4) is 0 Å². The lowest BCUT2D eigenvalue weighted by molar-refractivity contribution is 0.0683. The number of hydrogen-bond acceptors (Lipinski definition) is 3. The number of pyridine rings is 1. The topological polar surface area (TPSA) is 59.4 Å². The number of hydrogen-bond donors (Lipinski definition) is 1. The minimum atomic E-state index is -0.908. The maximum absolute atomic E-state index is 11.5. The summed E-state index contributed by atoms with van der Waals surface area (Å²) in [6.07, 6.45) is 0.680. The first-order valence-electron chi connectivity index (χ1n) is 5.90. The monoisotopic (exact) mass is 243 g/mol. The van der Waals surface area contributed by atoms with Crippen LogP contribution in [0.2, 0.25) is 0 Å². The van der Waals surface area contributed by atoms with Crippen LogP contribution in [0, 0.1) is 6.92 Å². The van der Waals surface area contributed by atoms with Gasteiger partial charge < -0.3 is 9.84 Å². The molecule has 0 bridgehead atoms. The molecule has 0 atom stereocenters. The smallest absolute Gasteiger partial charge is 0.336 e. The van der Waals surface area contributed by atoms with Gasteiger partial charge in [0, 0.05) is 23.1 Å². The number of benzene rings is 1. The molecule has 1 N–H and O–H groups in total. The van der Waals surface area contributed by atoms with Crippen LogP contribution in [0.1, 0.15) is 27.2 Å². The van der Waals surface area contributed by atoms with E-state index in [4.69, 9.17) is 4.74 Å². The van der Waals surface area contributed by atoms with Gasteiger partial charge in [-0.15, -0.1) is 0 Å². The molecule has 0 saturated carbocycles. The van der Waals surface area contributed by atoms with Gasteiger partial charge in [0.2, 0.25) is 0 Å². The number of nitrogens with zero attached hydrogens (tertiary/aromatic N) is 1. The van der Waals surface area contributed by atoms with Gasteiger partial charge in [-0.1, -0.05) is 18.2 Å². The summed E-state index contributed by atoms with van der Waals surface area (Å²) < 4.78 is 5.36. The van der Waals surface area contributed by atoms with Crippen molar-refractivity contribution in [2.75, 3.05) is 6.61 Å². The van der Waals surface area contributed by atoms with E-state index in [1.54, 1.807) is 0 Å². The maximum Gasteiger partial charge on any atom is 0.336 e. The molecule has 1 aromatic heterocycles. The molecule has 4 heteroatoms. The van der Waals surface area contributed by atoms with Crippen molar-refractivity contribution < 1.29 is 14.6 Å². The van der Waals surface area contributed by atoms with E-state index in [2.05, 4.69) is 4.98 Å². The van der Waals surface area contributed by atoms with Gasteiger partial charge in [-0.05, 0) is 12.5 Å². The number of para-hydroxylation sites is 1. The molecule has 18 heavy (non-hydrogen) atoms. The predicted molar refractivity (Wildman–Crippen MR) is 66.8 cm³/mol. The summed E-state index contributed by atoms with van der Waals surface area (Å²) in [5.74, 6) is -0.908. The van der Waals surface area contributed by atoms with Crippen molar-refractivity contribution in [3.8, 4) is 0 Å². The molecule has 0 radical (unpaired) electrons. The van der Waals surface area contributed by atoms with Crippen LogP contribution >= 0.6 is 0 Å². The van der Waals surface area contributed by atoms with Gasteiger partial charge in [-0.2, -0.15) is 0 Å². The number of rotatable bonds is 1. The first-order valence-corrected chi connectivity index (χ1v) is 5.90. The SMILES string of the molecule is Cc1cccc2c(C(=O)O)c3c(nc12)CCOC3. The molecule has 2 aromatic rings. The molecule has 1 aliphatic heterocycles. The first kappa shape index (κ1) is 11.2. The fourth-order valence-electron chi connectivity index (χ4n) is 2.47. The molecule has 1 aliphatic rings. The minimum absolute atomic E-state index is 0.341. The van der Waals surface area contributed by atoms with Gasteiger partial charge >= 0.3 is 5.97 Å². The fourth-order valence-corrected chi connectivity index (χ4v) is 2.47. The third-order valence-corrected chi connectivity index (χ3v) is 3.35. The zero-order valence-corrected chi connectivity index (χ0v) is 10.1. The van der Waals surface area contributed by atoms with Crippen LogP contribution in [0.25, 0.3) is 10.9 Å². The highest BCUT2D eigenvalue weighted by atomic mass is 16.5. The number of carboxylic acids is 1. The van der Waals surface area contributed by atoms with E-state index >= 15 is 0 Å². The van der Waals surface area contributed by atoms with Crippen LogP contribution in [-0.4, -0.2) is 22.7 Å². The summed E-state index contributed by atoms with van der Waals surface area (Å²) in [6, 6.07) is 5.63. The van der Waals surface area contributed by atoms with E-state index in [1.165, 1.54) is 0 Å². The number of aryl methyl sites for hydroxylation is 1. The minimum Gasteiger partial charge on any atom is -0.478 e. The van der Waals surface area contributed by atoms with Crippen molar-refractivity contribution in [1.82, 2.24) is 4.98 Å². The number of aromatic carboxylic acids is 1. The van der Waals surface area contributed by atoms with Gasteiger partial charge in [-0.3, -0.25) is 4.98 Å². The Hall–Kier alpha value is -1.94. The Morgan fingerprint density at radius 1 is 1.44 bits per heavy atom. The Bertz CT molecular complexity index is 649. The molecular formula is C14H13NO3. The number of aromatic nitrogens is 1. The van der Waals surface area contributed by atoms with Crippen LogP contribution in [0.4, 0.5) is 0 Å². The van der Waals surface area contributed by atoms with Crippen molar-refractivity contribution >= 4 is 16.9 Å². The van der Waals surface area contributed by atoms with Crippen molar-refractivity contribution in [2.24, 2.45) is 0 Å². The number of fused-ring (bicyclic) bond motifs is 2. The largest absolute Gasteiger partial charge is 0.478 e. The average Bonchev–Trinajstić information content (AvgIpc) is 2.36. The molecule has 92 valence electrons. The molecule has 0 fully saturated rings. The molecule has 4 nitrogen and oxygen atoms in total. The highest BCUT2D eigenvalue weighted by Crippen LogP contribution is 2.28. The molecule has 0 saturated heterocycles. The standard InChI is InChI=1S/C14H13NO3/c1-8-3-2-4-9-12(14(16)17)10-7-18-6-5-11(10)15-13(8)9/h2-4H,5-7H2,1H3,(H,16,17). The molecule has 1 aromatic carbocycles. The summed E-state index contributed by atoms with van der Waals surface area (Å²) >= 11 is 0.